The summed E-state index contributed by atoms with van der Waals surface area (Å²) in [5, 5.41) is -0.125. The summed E-state index contributed by atoms with van der Waals surface area (Å²) in [5.41, 5.74) is 0.291. The molecule has 0 unspecified atom stereocenters. The van der Waals surface area contributed by atoms with Gasteiger partial charge in [-0.2, -0.15) is 0 Å². The van der Waals surface area contributed by atoms with Gasteiger partial charge in [-0.1, -0.05) is 27.5 Å². The van der Waals surface area contributed by atoms with Crippen LogP contribution < -0.4 is 4.31 Å². The van der Waals surface area contributed by atoms with Crippen molar-refractivity contribution >= 4 is 43.2 Å². The Hall–Kier alpha value is -1.11. The zero-order chi connectivity index (χ0) is 14.9. The number of hydrogen-bond acceptors (Lipinski definition) is 2. The molecule has 2 rings (SSSR count). The van der Waals surface area contributed by atoms with Crippen LogP contribution in [-0.2, 0) is 10.0 Å². The highest BCUT2D eigenvalue weighted by molar-refractivity contribution is 9.10. The van der Waals surface area contributed by atoms with E-state index in [1.165, 1.54) is 31.3 Å². The van der Waals surface area contributed by atoms with E-state index in [1.807, 2.05) is 0 Å². The Morgan fingerprint density at radius 1 is 1.15 bits per heavy atom. The lowest BCUT2D eigenvalue weighted by molar-refractivity contribution is 0.594. The minimum atomic E-state index is -3.71. The monoisotopic (exact) mass is 377 g/mol. The number of anilines is 1. The van der Waals surface area contributed by atoms with E-state index in [1.54, 1.807) is 12.1 Å². The zero-order valence-corrected chi connectivity index (χ0v) is 13.5. The van der Waals surface area contributed by atoms with Gasteiger partial charge in [0.05, 0.1) is 15.6 Å². The zero-order valence-electron chi connectivity index (χ0n) is 10.3. The molecule has 0 atom stereocenters. The fourth-order valence-electron chi connectivity index (χ4n) is 1.58. The highest BCUT2D eigenvalue weighted by Gasteiger charge is 2.21. The lowest BCUT2D eigenvalue weighted by Crippen LogP contribution is -2.26. The van der Waals surface area contributed by atoms with Crippen molar-refractivity contribution in [2.75, 3.05) is 11.4 Å². The molecule has 0 heterocycles. The highest BCUT2D eigenvalue weighted by atomic mass is 79.9. The number of sulfonamides is 1. The van der Waals surface area contributed by atoms with Crippen LogP contribution in [0.15, 0.2) is 51.8 Å². The summed E-state index contributed by atoms with van der Waals surface area (Å²) in [6.07, 6.45) is 0. The average Bonchev–Trinajstić information content (AvgIpc) is 2.41. The quantitative estimate of drug-likeness (QED) is 0.807. The summed E-state index contributed by atoms with van der Waals surface area (Å²) in [6, 6.07) is 10.0. The van der Waals surface area contributed by atoms with Crippen molar-refractivity contribution in [2.45, 2.75) is 4.90 Å². The topological polar surface area (TPSA) is 37.4 Å². The summed E-state index contributed by atoms with van der Waals surface area (Å²) in [7, 11) is -2.32. The maximum Gasteiger partial charge on any atom is 0.264 e. The molecule has 0 aliphatic carbocycles. The predicted molar refractivity (Wildman–Crippen MR) is 81.1 cm³/mol. The van der Waals surface area contributed by atoms with Crippen LogP contribution in [0.25, 0.3) is 0 Å². The Morgan fingerprint density at radius 3 is 2.30 bits per heavy atom. The first-order chi connectivity index (χ1) is 9.32. The maximum absolute atomic E-state index is 13.1. The van der Waals surface area contributed by atoms with E-state index in [2.05, 4.69) is 15.9 Å². The van der Waals surface area contributed by atoms with Gasteiger partial charge in [0.25, 0.3) is 10.0 Å². The molecule has 0 amide bonds. The number of halogens is 3. The van der Waals surface area contributed by atoms with E-state index in [0.29, 0.717) is 5.69 Å². The second-order valence-corrected chi connectivity index (χ2v) is 7.32. The van der Waals surface area contributed by atoms with Gasteiger partial charge in [0.2, 0.25) is 0 Å². The van der Waals surface area contributed by atoms with Crippen molar-refractivity contribution < 1.29 is 12.8 Å². The lowest BCUT2D eigenvalue weighted by Gasteiger charge is -2.19. The second-order valence-electron chi connectivity index (χ2n) is 4.02. The summed E-state index contributed by atoms with van der Waals surface area (Å²) in [6.45, 7) is 0. The van der Waals surface area contributed by atoms with Crippen LogP contribution >= 0.6 is 27.5 Å². The van der Waals surface area contributed by atoms with Crippen LogP contribution in [0, 0.1) is 5.82 Å². The molecule has 2 aromatic carbocycles. The Kier molecular flexibility index (Phi) is 4.36. The third-order valence-electron chi connectivity index (χ3n) is 2.74. The predicted octanol–water partition coefficient (Wildman–Crippen LogP) is 4.07. The first kappa shape index (κ1) is 15.3. The third-order valence-corrected chi connectivity index (χ3v) is 5.36. The van der Waals surface area contributed by atoms with E-state index < -0.39 is 15.8 Å². The minimum Gasteiger partial charge on any atom is -0.269 e. The molecule has 0 fully saturated rings. The third kappa shape index (κ3) is 2.97. The molecule has 0 saturated carbocycles. The molecule has 7 heteroatoms. The number of benzene rings is 2. The normalized spacial score (nSPS) is 11.4. The lowest BCUT2D eigenvalue weighted by atomic mass is 10.3. The van der Waals surface area contributed by atoms with Crippen molar-refractivity contribution in [3.63, 3.8) is 0 Å². The molecule has 20 heavy (non-hydrogen) atoms. The van der Waals surface area contributed by atoms with Gasteiger partial charge in [-0.05, 0) is 42.5 Å². The molecule has 0 aliphatic rings. The van der Waals surface area contributed by atoms with E-state index in [9.17, 15) is 12.8 Å². The standard InChI is InChI=1S/C13H10BrClFNO2S/c1-17(10-4-7-13(16)12(15)8-10)20(18,19)11-5-2-9(14)3-6-11/h2-8H,1H3. The van der Waals surface area contributed by atoms with Gasteiger partial charge >= 0.3 is 0 Å². The van der Waals surface area contributed by atoms with Gasteiger partial charge in [0.15, 0.2) is 0 Å². The number of nitrogens with zero attached hydrogens (tertiary/aromatic N) is 1. The smallest absolute Gasteiger partial charge is 0.264 e. The first-order valence-corrected chi connectivity index (χ1v) is 8.13. The van der Waals surface area contributed by atoms with Gasteiger partial charge < -0.3 is 0 Å². The number of rotatable bonds is 3. The van der Waals surface area contributed by atoms with Crippen molar-refractivity contribution in [3.8, 4) is 0 Å². The largest absolute Gasteiger partial charge is 0.269 e. The summed E-state index contributed by atoms with van der Waals surface area (Å²) in [4.78, 5) is 0.142. The molecular weight excluding hydrogens is 369 g/mol. The van der Waals surface area contributed by atoms with Gasteiger partial charge in [-0.3, -0.25) is 4.31 Å². The van der Waals surface area contributed by atoms with Crippen LogP contribution in [0.2, 0.25) is 5.02 Å². The van der Waals surface area contributed by atoms with E-state index >= 15 is 0 Å². The fraction of sp³-hybridized carbons (Fsp3) is 0.0769. The maximum atomic E-state index is 13.1. The van der Waals surface area contributed by atoms with Crippen LogP contribution in [-0.4, -0.2) is 15.5 Å². The molecule has 0 aromatic heterocycles. The van der Waals surface area contributed by atoms with E-state index in [4.69, 9.17) is 11.6 Å². The van der Waals surface area contributed by atoms with Crippen molar-refractivity contribution in [1.29, 1.82) is 0 Å². The molecule has 2 aromatic rings. The molecule has 0 saturated heterocycles. The summed E-state index contributed by atoms with van der Waals surface area (Å²) < 4.78 is 39.8. The Bertz CT molecular complexity index is 735. The Labute approximate surface area is 130 Å². The van der Waals surface area contributed by atoms with Gasteiger partial charge in [-0.25, -0.2) is 12.8 Å². The van der Waals surface area contributed by atoms with Crippen LogP contribution in [0.4, 0.5) is 10.1 Å². The van der Waals surface area contributed by atoms with Crippen LogP contribution in [0.1, 0.15) is 0 Å². The fourth-order valence-corrected chi connectivity index (χ4v) is 3.21. The van der Waals surface area contributed by atoms with E-state index in [0.717, 1.165) is 14.8 Å². The Balaban J connectivity index is 2.42. The minimum absolute atomic E-state index is 0.125. The van der Waals surface area contributed by atoms with Crippen molar-refractivity contribution in [2.24, 2.45) is 0 Å². The molecule has 0 aliphatic heterocycles. The van der Waals surface area contributed by atoms with Gasteiger partial charge in [-0.15, -0.1) is 0 Å². The Morgan fingerprint density at radius 2 is 1.75 bits per heavy atom. The number of hydrogen-bond donors (Lipinski definition) is 0. The first-order valence-electron chi connectivity index (χ1n) is 5.52. The summed E-state index contributed by atoms with van der Waals surface area (Å²) >= 11 is 8.92. The van der Waals surface area contributed by atoms with Gasteiger partial charge in [0.1, 0.15) is 5.82 Å². The molecule has 0 bridgehead atoms. The average molecular weight is 379 g/mol. The second kappa shape index (κ2) is 5.71. The van der Waals surface area contributed by atoms with Crippen LogP contribution in [0.5, 0.6) is 0 Å². The van der Waals surface area contributed by atoms with Crippen LogP contribution in [0.3, 0.4) is 0 Å². The molecule has 0 radical (unpaired) electrons. The molecule has 0 N–H and O–H groups in total. The molecule has 0 spiro atoms. The SMILES string of the molecule is CN(c1ccc(F)c(Cl)c1)S(=O)(=O)c1ccc(Br)cc1. The molecular formula is C13H10BrClFNO2S. The molecule has 3 nitrogen and oxygen atoms in total. The van der Waals surface area contributed by atoms with Gasteiger partial charge in [0, 0.05) is 11.5 Å². The van der Waals surface area contributed by atoms with E-state index in [-0.39, 0.29) is 9.92 Å². The van der Waals surface area contributed by atoms with Crippen molar-refractivity contribution in [1.82, 2.24) is 0 Å². The molecule has 106 valence electrons. The van der Waals surface area contributed by atoms with Crippen molar-refractivity contribution in [3.05, 3.63) is 57.8 Å². The highest BCUT2D eigenvalue weighted by Crippen LogP contribution is 2.26. The summed E-state index contributed by atoms with van der Waals surface area (Å²) in [5.74, 6) is -0.593.